The molecule has 0 aromatic rings. The highest BCUT2D eigenvalue weighted by Crippen LogP contribution is 2.68. The Labute approximate surface area is 160 Å². The number of allylic oxidation sites excluding steroid dienone is 1. The number of hydrogen-bond acceptors (Lipinski definition) is 3. The van der Waals surface area contributed by atoms with Gasteiger partial charge in [-0.2, -0.15) is 0 Å². The van der Waals surface area contributed by atoms with Crippen molar-refractivity contribution in [1.29, 1.82) is 0 Å². The van der Waals surface area contributed by atoms with E-state index in [1.165, 1.54) is 38.5 Å². The van der Waals surface area contributed by atoms with Gasteiger partial charge < -0.3 is 14.0 Å². The SMILES string of the molecule is C[C@]12CCC3(CC1=CCC1C2CC[C@@]2(C)C1CC[C@@]2(C)OP)OCCO3. The number of fused-ring (bicyclic) bond motifs is 5. The van der Waals surface area contributed by atoms with Gasteiger partial charge in [-0.25, -0.2) is 0 Å². The van der Waals surface area contributed by atoms with Crippen LogP contribution in [0.15, 0.2) is 11.6 Å². The third-order valence-corrected chi connectivity index (χ3v) is 10.2. The van der Waals surface area contributed by atoms with Gasteiger partial charge in [0, 0.05) is 22.3 Å². The molecule has 1 heterocycles. The molecule has 0 amide bonds. The summed E-state index contributed by atoms with van der Waals surface area (Å²) >= 11 is 0. The monoisotopic (exact) mass is 378 g/mol. The van der Waals surface area contributed by atoms with Gasteiger partial charge in [0.25, 0.3) is 0 Å². The molecule has 0 aromatic heterocycles. The van der Waals surface area contributed by atoms with Crippen molar-refractivity contribution in [3.05, 3.63) is 11.6 Å². The number of hydrogen-bond donors (Lipinski definition) is 0. The average molecular weight is 378 g/mol. The summed E-state index contributed by atoms with van der Waals surface area (Å²) in [5, 5.41) is 0. The molecule has 1 spiro atoms. The van der Waals surface area contributed by atoms with Crippen LogP contribution in [0.2, 0.25) is 0 Å². The van der Waals surface area contributed by atoms with Crippen molar-refractivity contribution in [2.45, 2.75) is 83.5 Å². The lowest BCUT2D eigenvalue weighted by atomic mass is 9.47. The molecule has 146 valence electrons. The second-order valence-corrected chi connectivity index (χ2v) is 10.6. The van der Waals surface area contributed by atoms with E-state index in [1.807, 2.05) is 0 Å². The maximum atomic E-state index is 6.06. The second-order valence-electron chi connectivity index (χ2n) is 10.4. The highest BCUT2D eigenvalue weighted by Gasteiger charge is 2.63. The predicted molar refractivity (Wildman–Crippen MR) is 106 cm³/mol. The normalized spacial score (nSPS) is 52.3. The summed E-state index contributed by atoms with van der Waals surface area (Å²) in [6.07, 6.45) is 12.3. The first-order valence-electron chi connectivity index (χ1n) is 10.7. The van der Waals surface area contributed by atoms with Crippen LogP contribution in [0.4, 0.5) is 0 Å². The first-order chi connectivity index (χ1) is 12.4. The van der Waals surface area contributed by atoms with Gasteiger partial charge >= 0.3 is 0 Å². The van der Waals surface area contributed by atoms with E-state index in [4.69, 9.17) is 14.0 Å². The van der Waals surface area contributed by atoms with E-state index in [0.29, 0.717) is 10.8 Å². The Kier molecular flexibility index (Phi) is 4.03. The van der Waals surface area contributed by atoms with Gasteiger partial charge in [0.1, 0.15) is 0 Å². The van der Waals surface area contributed by atoms with Gasteiger partial charge in [-0.15, -0.1) is 0 Å². The molecule has 5 aliphatic rings. The van der Waals surface area contributed by atoms with Gasteiger partial charge in [-0.1, -0.05) is 25.5 Å². The van der Waals surface area contributed by atoms with Crippen LogP contribution in [0.1, 0.15) is 72.1 Å². The third kappa shape index (κ3) is 2.21. The molecule has 0 N–H and O–H groups in total. The van der Waals surface area contributed by atoms with E-state index in [2.05, 4.69) is 36.3 Å². The summed E-state index contributed by atoms with van der Waals surface area (Å²) in [7, 11) is 2.58. The molecule has 26 heavy (non-hydrogen) atoms. The Balaban J connectivity index is 1.46. The maximum Gasteiger partial charge on any atom is 0.172 e. The number of ether oxygens (including phenoxy) is 2. The lowest BCUT2D eigenvalue weighted by Crippen LogP contribution is -2.55. The zero-order valence-corrected chi connectivity index (χ0v) is 17.8. The van der Waals surface area contributed by atoms with Crippen molar-refractivity contribution in [2.24, 2.45) is 28.6 Å². The molecular weight excluding hydrogens is 343 g/mol. The summed E-state index contributed by atoms with van der Waals surface area (Å²) in [5.41, 5.74) is 2.34. The highest BCUT2D eigenvalue weighted by molar-refractivity contribution is 7.09. The topological polar surface area (TPSA) is 27.7 Å². The van der Waals surface area contributed by atoms with Gasteiger partial charge in [0.15, 0.2) is 5.79 Å². The molecule has 4 fully saturated rings. The minimum Gasteiger partial charge on any atom is -0.359 e. The van der Waals surface area contributed by atoms with Crippen LogP contribution in [0.3, 0.4) is 0 Å². The Morgan fingerprint density at radius 3 is 2.46 bits per heavy atom. The molecule has 1 aliphatic heterocycles. The summed E-state index contributed by atoms with van der Waals surface area (Å²) in [6, 6.07) is 0. The van der Waals surface area contributed by atoms with Crippen molar-refractivity contribution in [2.75, 3.05) is 13.2 Å². The second kappa shape index (κ2) is 5.78. The van der Waals surface area contributed by atoms with Crippen molar-refractivity contribution >= 4 is 9.47 Å². The molecule has 1 saturated heterocycles. The average Bonchev–Trinajstić information content (AvgIpc) is 3.19. The van der Waals surface area contributed by atoms with Crippen LogP contribution >= 0.6 is 9.47 Å². The fraction of sp³-hybridized carbons (Fsp3) is 0.909. The fourth-order valence-electron chi connectivity index (χ4n) is 7.77. The van der Waals surface area contributed by atoms with Crippen LogP contribution in [0.25, 0.3) is 0 Å². The van der Waals surface area contributed by atoms with E-state index < -0.39 is 0 Å². The van der Waals surface area contributed by atoms with Crippen LogP contribution in [-0.2, 0) is 14.0 Å². The quantitative estimate of drug-likeness (QED) is 0.460. The molecule has 4 unspecified atom stereocenters. The predicted octanol–water partition coefficient (Wildman–Crippen LogP) is 5.26. The molecule has 7 atom stereocenters. The van der Waals surface area contributed by atoms with Gasteiger partial charge in [-0.3, -0.25) is 0 Å². The number of rotatable bonds is 1. The summed E-state index contributed by atoms with van der Waals surface area (Å²) in [5.74, 6) is 2.16. The minimum absolute atomic E-state index is 0.0281. The standard InChI is InChI=1S/C22H35O3P/c1-19-10-11-22(23-12-13-24-22)14-15(19)4-5-16-17(19)6-8-20(2)18(16)7-9-21(20,3)25-26/h4,16-18H,5-14,26H2,1-3H3/t16?,17?,18?,19-,20-,21+/m0/s1. The smallest absolute Gasteiger partial charge is 0.172 e. The Morgan fingerprint density at radius 1 is 1.00 bits per heavy atom. The van der Waals surface area contributed by atoms with Crippen molar-refractivity contribution < 1.29 is 14.0 Å². The highest BCUT2D eigenvalue weighted by atomic mass is 31.0. The van der Waals surface area contributed by atoms with E-state index in [-0.39, 0.29) is 11.4 Å². The van der Waals surface area contributed by atoms with E-state index >= 15 is 0 Å². The van der Waals surface area contributed by atoms with Crippen molar-refractivity contribution in [1.82, 2.24) is 0 Å². The van der Waals surface area contributed by atoms with Gasteiger partial charge in [-0.05, 0) is 74.0 Å². The first-order valence-corrected chi connectivity index (χ1v) is 11.2. The zero-order chi connectivity index (χ0) is 18.2. The molecule has 0 aromatic carbocycles. The Morgan fingerprint density at radius 2 is 1.73 bits per heavy atom. The molecule has 3 saturated carbocycles. The van der Waals surface area contributed by atoms with Crippen molar-refractivity contribution in [3.63, 3.8) is 0 Å². The molecular formula is C22H35O3P. The van der Waals surface area contributed by atoms with Gasteiger partial charge in [0.05, 0.1) is 18.8 Å². The van der Waals surface area contributed by atoms with Crippen LogP contribution in [0.5, 0.6) is 0 Å². The molecule has 4 aliphatic carbocycles. The molecule has 3 nitrogen and oxygen atoms in total. The fourth-order valence-corrected chi connectivity index (χ4v) is 8.16. The van der Waals surface area contributed by atoms with Crippen LogP contribution in [-0.4, -0.2) is 24.6 Å². The summed E-state index contributed by atoms with van der Waals surface area (Å²) < 4.78 is 18.1. The molecule has 0 bridgehead atoms. The van der Waals surface area contributed by atoms with Crippen LogP contribution < -0.4 is 0 Å². The lowest BCUT2D eigenvalue weighted by molar-refractivity contribution is -0.186. The summed E-state index contributed by atoms with van der Waals surface area (Å²) in [6.45, 7) is 8.96. The maximum absolute atomic E-state index is 6.06. The minimum atomic E-state index is -0.291. The van der Waals surface area contributed by atoms with Gasteiger partial charge in [0.2, 0.25) is 0 Å². The molecule has 0 radical (unpaired) electrons. The Bertz CT molecular complexity index is 627. The first kappa shape index (κ1) is 18.1. The summed E-state index contributed by atoms with van der Waals surface area (Å²) in [4.78, 5) is 0. The van der Waals surface area contributed by atoms with Crippen LogP contribution in [0, 0.1) is 28.6 Å². The molecule has 4 heteroatoms. The van der Waals surface area contributed by atoms with E-state index in [1.54, 1.807) is 5.57 Å². The van der Waals surface area contributed by atoms with E-state index in [9.17, 15) is 0 Å². The Hall–Kier alpha value is 0.0500. The molecule has 5 rings (SSSR count). The lowest BCUT2D eigenvalue weighted by Gasteiger charge is -2.59. The zero-order valence-electron chi connectivity index (χ0n) is 16.7. The van der Waals surface area contributed by atoms with E-state index in [0.717, 1.165) is 43.8 Å². The largest absolute Gasteiger partial charge is 0.359 e. The van der Waals surface area contributed by atoms with Crippen molar-refractivity contribution in [3.8, 4) is 0 Å². The third-order valence-electron chi connectivity index (χ3n) is 9.71.